The number of nitrogens with zero attached hydrogens (tertiary/aromatic N) is 1. The highest BCUT2D eigenvalue weighted by atomic mass is 16.3. The van der Waals surface area contributed by atoms with Crippen LogP contribution in [0.5, 0.6) is 0 Å². The molecule has 0 atom stereocenters. The Morgan fingerprint density at radius 1 is 1.57 bits per heavy atom. The zero-order valence-electron chi connectivity index (χ0n) is 7.91. The molecule has 2 heteroatoms. The fourth-order valence-electron chi connectivity index (χ4n) is 1.24. The van der Waals surface area contributed by atoms with Gasteiger partial charge >= 0.3 is 0 Å². The van der Waals surface area contributed by atoms with Gasteiger partial charge in [-0.05, 0) is 11.6 Å². The van der Waals surface area contributed by atoms with E-state index < -0.39 is 0 Å². The van der Waals surface area contributed by atoms with Crippen molar-refractivity contribution in [2.24, 2.45) is 0 Å². The number of nitriles is 1. The standard InChI is InChI=1S/C12H10NO/c1-3-11-10(7-13)5-4-6-12(11)9(2)8-14/h1,4-6,14H,8H2,2H3. The lowest BCUT2D eigenvalue weighted by Crippen LogP contribution is -2.04. The van der Waals surface area contributed by atoms with Crippen molar-refractivity contribution in [3.63, 3.8) is 0 Å². The summed E-state index contributed by atoms with van der Waals surface area (Å²) >= 11 is 0. The van der Waals surface area contributed by atoms with Gasteiger partial charge in [-0.15, -0.1) is 6.42 Å². The summed E-state index contributed by atoms with van der Waals surface area (Å²) in [7, 11) is 0. The highest BCUT2D eigenvalue weighted by Crippen LogP contribution is 2.20. The molecule has 1 radical (unpaired) electrons. The molecule has 0 spiro atoms. The lowest BCUT2D eigenvalue weighted by atomic mass is 9.93. The molecule has 0 saturated heterocycles. The summed E-state index contributed by atoms with van der Waals surface area (Å²) in [4.78, 5) is 0. The van der Waals surface area contributed by atoms with Gasteiger partial charge in [0, 0.05) is 11.5 Å². The van der Waals surface area contributed by atoms with Crippen LogP contribution in [-0.4, -0.2) is 11.7 Å². The van der Waals surface area contributed by atoms with E-state index in [1.807, 2.05) is 12.1 Å². The van der Waals surface area contributed by atoms with Crippen LogP contribution >= 0.6 is 0 Å². The van der Waals surface area contributed by atoms with Gasteiger partial charge in [0.15, 0.2) is 0 Å². The Balaban J connectivity index is 3.33. The number of aliphatic hydroxyl groups is 1. The average Bonchev–Trinajstić information content (AvgIpc) is 2.26. The van der Waals surface area contributed by atoms with Crippen molar-refractivity contribution < 1.29 is 5.11 Å². The molecular weight excluding hydrogens is 174 g/mol. The molecule has 0 amide bonds. The zero-order chi connectivity index (χ0) is 10.6. The second-order valence-corrected chi connectivity index (χ2v) is 2.92. The smallest absolute Gasteiger partial charge is 0.100 e. The van der Waals surface area contributed by atoms with E-state index in [2.05, 4.69) is 5.92 Å². The summed E-state index contributed by atoms with van der Waals surface area (Å²) in [6, 6.07) is 7.26. The van der Waals surface area contributed by atoms with Crippen molar-refractivity contribution in [1.29, 1.82) is 5.26 Å². The first-order valence-corrected chi connectivity index (χ1v) is 4.18. The Morgan fingerprint density at radius 2 is 2.29 bits per heavy atom. The van der Waals surface area contributed by atoms with Crippen molar-refractivity contribution >= 4 is 0 Å². The van der Waals surface area contributed by atoms with Crippen LogP contribution < -0.4 is 0 Å². The first-order valence-electron chi connectivity index (χ1n) is 4.18. The minimum atomic E-state index is -0.0520. The Labute approximate surface area is 83.8 Å². The van der Waals surface area contributed by atoms with Gasteiger partial charge in [-0.1, -0.05) is 25.0 Å². The number of aliphatic hydroxyl groups excluding tert-OH is 1. The number of benzene rings is 1. The Kier molecular flexibility index (Phi) is 3.29. The third kappa shape index (κ3) is 1.76. The van der Waals surface area contributed by atoms with E-state index in [-0.39, 0.29) is 6.61 Å². The van der Waals surface area contributed by atoms with E-state index in [0.29, 0.717) is 11.1 Å². The highest BCUT2D eigenvalue weighted by Gasteiger charge is 2.11. The topological polar surface area (TPSA) is 44.0 Å². The van der Waals surface area contributed by atoms with Crippen LogP contribution in [0.2, 0.25) is 0 Å². The second-order valence-electron chi connectivity index (χ2n) is 2.92. The van der Waals surface area contributed by atoms with Crippen LogP contribution in [0.1, 0.15) is 23.6 Å². The SMILES string of the molecule is C#Cc1c(C#N)cccc1[C](C)CO. The molecule has 0 saturated carbocycles. The van der Waals surface area contributed by atoms with Gasteiger partial charge < -0.3 is 5.11 Å². The minimum absolute atomic E-state index is 0.0520. The number of rotatable bonds is 2. The van der Waals surface area contributed by atoms with Crippen LogP contribution in [0, 0.1) is 29.6 Å². The Morgan fingerprint density at radius 3 is 2.79 bits per heavy atom. The third-order valence-corrected chi connectivity index (χ3v) is 2.03. The van der Waals surface area contributed by atoms with Gasteiger partial charge in [-0.2, -0.15) is 5.26 Å². The Hall–Kier alpha value is -1.77. The van der Waals surface area contributed by atoms with Crippen molar-refractivity contribution in [3.05, 3.63) is 40.8 Å². The van der Waals surface area contributed by atoms with Gasteiger partial charge in [0.1, 0.15) is 6.07 Å². The van der Waals surface area contributed by atoms with Gasteiger partial charge in [-0.25, -0.2) is 0 Å². The quantitative estimate of drug-likeness (QED) is 0.707. The molecule has 0 aliphatic rings. The summed E-state index contributed by atoms with van der Waals surface area (Å²) in [6.45, 7) is 1.74. The highest BCUT2D eigenvalue weighted by molar-refractivity contribution is 5.55. The van der Waals surface area contributed by atoms with Crippen LogP contribution in [0.15, 0.2) is 18.2 Å². The molecule has 1 aromatic rings. The molecule has 0 fully saturated rings. The summed E-state index contributed by atoms with van der Waals surface area (Å²) in [5.74, 6) is 3.25. The summed E-state index contributed by atoms with van der Waals surface area (Å²) < 4.78 is 0. The average molecular weight is 184 g/mol. The molecule has 0 aromatic heterocycles. The van der Waals surface area contributed by atoms with E-state index in [4.69, 9.17) is 16.8 Å². The molecule has 0 unspecified atom stereocenters. The zero-order valence-corrected chi connectivity index (χ0v) is 7.91. The maximum Gasteiger partial charge on any atom is 0.100 e. The second kappa shape index (κ2) is 4.46. The van der Waals surface area contributed by atoms with Crippen molar-refractivity contribution in [1.82, 2.24) is 0 Å². The predicted molar refractivity (Wildman–Crippen MR) is 54.2 cm³/mol. The normalized spacial score (nSPS) is 9.50. The Bertz CT molecular complexity index is 409. The minimum Gasteiger partial charge on any atom is -0.395 e. The molecule has 2 nitrogen and oxygen atoms in total. The maximum atomic E-state index is 8.98. The molecule has 14 heavy (non-hydrogen) atoms. The summed E-state index contributed by atoms with van der Waals surface area (Å²) in [5, 5.41) is 17.8. The molecule has 0 aliphatic carbocycles. The maximum absolute atomic E-state index is 8.98. The molecule has 0 heterocycles. The number of terminal acetylenes is 1. The first kappa shape index (κ1) is 10.3. The van der Waals surface area contributed by atoms with Crippen LogP contribution in [0.25, 0.3) is 0 Å². The van der Waals surface area contributed by atoms with Gasteiger partial charge in [0.05, 0.1) is 12.2 Å². The summed E-state index contributed by atoms with van der Waals surface area (Å²) in [5.41, 5.74) is 1.80. The molecule has 0 aliphatic heterocycles. The number of hydrogen-bond donors (Lipinski definition) is 1. The van der Waals surface area contributed by atoms with Crippen LogP contribution in [-0.2, 0) is 0 Å². The molecule has 1 aromatic carbocycles. The molecule has 1 N–H and O–H groups in total. The van der Waals surface area contributed by atoms with E-state index in [9.17, 15) is 0 Å². The van der Waals surface area contributed by atoms with Crippen LogP contribution in [0.3, 0.4) is 0 Å². The van der Waals surface area contributed by atoms with Crippen molar-refractivity contribution in [3.8, 4) is 18.4 Å². The predicted octanol–water partition coefficient (Wildman–Crippen LogP) is 1.47. The molecule has 69 valence electrons. The summed E-state index contributed by atoms with van der Waals surface area (Å²) in [6.07, 6.45) is 5.32. The largest absolute Gasteiger partial charge is 0.395 e. The molecule has 1 rings (SSSR count). The first-order chi connectivity index (χ1) is 6.74. The van der Waals surface area contributed by atoms with E-state index in [0.717, 1.165) is 11.5 Å². The van der Waals surface area contributed by atoms with Gasteiger partial charge in [0.25, 0.3) is 0 Å². The van der Waals surface area contributed by atoms with Crippen molar-refractivity contribution in [2.45, 2.75) is 6.92 Å². The molecule has 0 bridgehead atoms. The number of hydrogen-bond acceptors (Lipinski definition) is 2. The van der Waals surface area contributed by atoms with Gasteiger partial charge in [-0.3, -0.25) is 0 Å². The lowest BCUT2D eigenvalue weighted by molar-refractivity contribution is 0.315. The van der Waals surface area contributed by atoms with E-state index in [1.165, 1.54) is 0 Å². The van der Waals surface area contributed by atoms with Crippen molar-refractivity contribution in [2.75, 3.05) is 6.61 Å². The monoisotopic (exact) mass is 184 g/mol. The fourth-order valence-corrected chi connectivity index (χ4v) is 1.24. The van der Waals surface area contributed by atoms with E-state index in [1.54, 1.807) is 19.1 Å². The third-order valence-electron chi connectivity index (χ3n) is 2.03. The lowest BCUT2D eigenvalue weighted by Gasteiger charge is -2.10. The van der Waals surface area contributed by atoms with Crippen LogP contribution in [0.4, 0.5) is 0 Å². The van der Waals surface area contributed by atoms with E-state index >= 15 is 0 Å². The van der Waals surface area contributed by atoms with Gasteiger partial charge in [0.2, 0.25) is 0 Å². The molecular formula is C12H10NO. The fraction of sp³-hybridized carbons (Fsp3) is 0.167.